The predicted molar refractivity (Wildman–Crippen MR) is 137 cm³/mol. The number of aromatic nitrogens is 4. The van der Waals surface area contributed by atoms with Crippen molar-refractivity contribution in [3.63, 3.8) is 0 Å². The zero-order valence-electron chi connectivity index (χ0n) is 20.3. The smallest absolute Gasteiger partial charge is 0.231 e. The number of nitrogens with one attached hydrogen (secondary N) is 1. The molecule has 0 spiro atoms. The molecule has 0 bridgehead atoms. The molecule has 0 saturated carbocycles. The summed E-state index contributed by atoms with van der Waals surface area (Å²) in [5.41, 5.74) is 7.03. The maximum Gasteiger partial charge on any atom is 0.231 e. The number of carbonyl (C=O) groups excluding carboxylic acids is 1. The van der Waals surface area contributed by atoms with Crippen LogP contribution in [0.3, 0.4) is 0 Å². The number of nitrogens with zero attached hydrogens (tertiary/aromatic N) is 4. The number of halogens is 1. The van der Waals surface area contributed by atoms with Crippen molar-refractivity contribution in [2.45, 2.75) is 53.0 Å². The Balaban J connectivity index is 1.88. The highest BCUT2D eigenvalue weighted by atomic mass is 35.5. The Hall–Kier alpha value is -3.25. The Kier molecular flexibility index (Phi) is 6.71. The van der Waals surface area contributed by atoms with Crippen LogP contribution in [0.15, 0.2) is 54.9 Å². The van der Waals surface area contributed by atoms with Crippen molar-refractivity contribution in [3.05, 3.63) is 82.7 Å². The Morgan fingerprint density at radius 1 is 1.18 bits per heavy atom. The molecular formula is C27H30ClN5O. The predicted octanol–water partition coefficient (Wildman–Crippen LogP) is 6.00. The van der Waals surface area contributed by atoms with Crippen molar-refractivity contribution in [1.82, 2.24) is 20.0 Å². The van der Waals surface area contributed by atoms with E-state index in [0.29, 0.717) is 11.6 Å². The average molecular weight is 476 g/mol. The zero-order valence-corrected chi connectivity index (χ0v) is 21.0. The van der Waals surface area contributed by atoms with Gasteiger partial charge in [-0.25, -0.2) is 4.68 Å². The first-order valence-electron chi connectivity index (χ1n) is 11.5. The normalized spacial score (nSPS) is 12.6. The SMILES string of the molecule is CCn1nnc2c(C)c(C(c3ccc(C)c(CCl)c3)C(C)(C)C(=O)Nc3cccnc3)ccc21. The molecule has 2 aromatic carbocycles. The average Bonchev–Trinajstić information content (AvgIpc) is 3.26. The van der Waals surface area contributed by atoms with Gasteiger partial charge in [0.1, 0.15) is 5.52 Å². The first-order valence-corrected chi connectivity index (χ1v) is 12.0. The number of aryl methyl sites for hydroxylation is 3. The van der Waals surface area contributed by atoms with Crippen molar-refractivity contribution in [1.29, 1.82) is 0 Å². The lowest BCUT2D eigenvalue weighted by atomic mass is 9.69. The van der Waals surface area contributed by atoms with E-state index in [1.54, 1.807) is 12.4 Å². The lowest BCUT2D eigenvalue weighted by molar-refractivity contribution is -0.124. The summed E-state index contributed by atoms with van der Waals surface area (Å²) in [5, 5.41) is 11.8. The number of hydrogen-bond donors (Lipinski definition) is 1. The van der Waals surface area contributed by atoms with E-state index in [2.05, 4.69) is 64.8 Å². The van der Waals surface area contributed by atoms with E-state index >= 15 is 0 Å². The Labute approximate surface area is 205 Å². The molecule has 0 radical (unpaired) electrons. The van der Waals surface area contributed by atoms with Gasteiger partial charge in [0.25, 0.3) is 0 Å². The van der Waals surface area contributed by atoms with Gasteiger partial charge >= 0.3 is 0 Å². The van der Waals surface area contributed by atoms with Gasteiger partial charge in [-0.1, -0.05) is 43.3 Å². The molecule has 4 aromatic rings. The molecule has 2 heterocycles. The molecular weight excluding hydrogens is 446 g/mol. The van der Waals surface area contributed by atoms with Crippen LogP contribution in [0.1, 0.15) is 54.5 Å². The maximum atomic E-state index is 13.7. The van der Waals surface area contributed by atoms with Gasteiger partial charge in [-0.2, -0.15) is 0 Å². The number of amides is 1. The number of hydrogen-bond acceptors (Lipinski definition) is 4. The Morgan fingerprint density at radius 2 is 1.97 bits per heavy atom. The molecule has 6 nitrogen and oxygen atoms in total. The highest BCUT2D eigenvalue weighted by Gasteiger charge is 2.40. The zero-order chi connectivity index (χ0) is 24.5. The van der Waals surface area contributed by atoms with Gasteiger partial charge in [0.15, 0.2) is 0 Å². The highest BCUT2D eigenvalue weighted by Crippen LogP contribution is 2.44. The second-order valence-electron chi connectivity index (χ2n) is 9.22. The van der Waals surface area contributed by atoms with E-state index in [1.165, 1.54) is 0 Å². The van der Waals surface area contributed by atoms with Crippen LogP contribution >= 0.6 is 11.6 Å². The van der Waals surface area contributed by atoms with Crippen LogP contribution in [0.25, 0.3) is 11.0 Å². The molecule has 0 aliphatic carbocycles. The third-order valence-corrected chi connectivity index (χ3v) is 6.96. The minimum Gasteiger partial charge on any atom is -0.324 e. The number of benzene rings is 2. The van der Waals surface area contributed by atoms with Crippen LogP contribution in [0.4, 0.5) is 5.69 Å². The monoisotopic (exact) mass is 475 g/mol. The molecule has 2 aromatic heterocycles. The lowest BCUT2D eigenvalue weighted by Gasteiger charge is -2.35. The van der Waals surface area contributed by atoms with Gasteiger partial charge in [0, 0.05) is 24.5 Å². The third kappa shape index (κ3) is 4.30. The standard InChI is InChI=1S/C27H30ClN5O/c1-6-33-23-12-11-22(18(3)25(23)31-32-33)24(19-10-9-17(2)20(14-19)15-28)27(4,5)26(34)30-21-8-7-13-29-16-21/h7-14,16,24H,6,15H2,1-5H3,(H,30,34). The summed E-state index contributed by atoms with van der Waals surface area (Å²) in [7, 11) is 0. The van der Waals surface area contributed by atoms with Crippen LogP contribution in [-0.2, 0) is 17.2 Å². The van der Waals surface area contributed by atoms with Crippen molar-refractivity contribution < 1.29 is 4.79 Å². The minimum absolute atomic E-state index is 0.0878. The second-order valence-corrected chi connectivity index (χ2v) is 9.49. The molecule has 1 unspecified atom stereocenters. The molecule has 0 aliphatic heterocycles. The Bertz CT molecular complexity index is 1330. The number of pyridine rings is 1. The van der Waals surface area contributed by atoms with Gasteiger partial charge in [-0.15, -0.1) is 16.7 Å². The van der Waals surface area contributed by atoms with Crippen molar-refractivity contribution >= 4 is 34.2 Å². The lowest BCUT2D eigenvalue weighted by Crippen LogP contribution is -2.37. The molecule has 1 N–H and O–H groups in total. The summed E-state index contributed by atoms with van der Waals surface area (Å²) in [5.74, 6) is 0.0930. The first kappa shape index (κ1) is 23.9. The topological polar surface area (TPSA) is 72.7 Å². The molecule has 0 saturated heterocycles. The number of carbonyl (C=O) groups is 1. The molecule has 4 rings (SSSR count). The first-order chi connectivity index (χ1) is 16.3. The summed E-state index contributed by atoms with van der Waals surface area (Å²) in [4.78, 5) is 17.8. The van der Waals surface area contributed by atoms with Crippen molar-refractivity contribution in [2.24, 2.45) is 5.41 Å². The van der Waals surface area contributed by atoms with Crippen LogP contribution < -0.4 is 5.32 Å². The molecule has 34 heavy (non-hydrogen) atoms. The van der Waals surface area contributed by atoms with Gasteiger partial charge in [-0.3, -0.25) is 9.78 Å². The molecule has 176 valence electrons. The van der Waals surface area contributed by atoms with Crippen molar-refractivity contribution in [2.75, 3.05) is 5.32 Å². The highest BCUT2D eigenvalue weighted by molar-refractivity contribution is 6.17. The molecule has 0 fully saturated rings. The summed E-state index contributed by atoms with van der Waals surface area (Å²) in [6, 6.07) is 14.1. The summed E-state index contributed by atoms with van der Waals surface area (Å²) in [6.45, 7) is 10.9. The number of fused-ring (bicyclic) bond motifs is 1. The molecule has 0 aliphatic rings. The van der Waals surface area contributed by atoms with E-state index in [0.717, 1.165) is 45.4 Å². The minimum atomic E-state index is -0.798. The summed E-state index contributed by atoms with van der Waals surface area (Å²) >= 11 is 6.26. The fraction of sp³-hybridized carbons (Fsp3) is 0.333. The fourth-order valence-electron chi connectivity index (χ4n) is 4.59. The van der Waals surface area contributed by atoms with Gasteiger partial charge in [-0.05, 0) is 66.8 Å². The van der Waals surface area contributed by atoms with E-state index in [9.17, 15) is 4.79 Å². The number of anilines is 1. The fourth-order valence-corrected chi connectivity index (χ4v) is 4.88. The van der Waals surface area contributed by atoms with Crippen LogP contribution in [0.2, 0.25) is 0 Å². The number of rotatable bonds is 7. The number of alkyl halides is 1. The molecule has 1 atom stereocenters. The van der Waals surface area contributed by atoms with Gasteiger partial charge in [0.05, 0.1) is 22.8 Å². The summed E-state index contributed by atoms with van der Waals surface area (Å²) < 4.78 is 1.89. The molecule has 7 heteroatoms. The van der Waals surface area contributed by atoms with Crippen molar-refractivity contribution in [3.8, 4) is 0 Å². The van der Waals surface area contributed by atoms with Crippen LogP contribution in [0, 0.1) is 19.3 Å². The summed E-state index contributed by atoms with van der Waals surface area (Å²) in [6.07, 6.45) is 3.34. The quantitative estimate of drug-likeness (QED) is 0.333. The van der Waals surface area contributed by atoms with Crippen LogP contribution in [-0.4, -0.2) is 25.9 Å². The maximum absolute atomic E-state index is 13.7. The Morgan fingerprint density at radius 3 is 2.65 bits per heavy atom. The van der Waals surface area contributed by atoms with E-state index in [-0.39, 0.29) is 11.8 Å². The molecule has 1 amide bonds. The van der Waals surface area contributed by atoms with E-state index in [4.69, 9.17) is 11.6 Å². The van der Waals surface area contributed by atoms with Crippen LogP contribution in [0.5, 0.6) is 0 Å². The third-order valence-electron chi connectivity index (χ3n) is 6.67. The van der Waals surface area contributed by atoms with E-state index < -0.39 is 5.41 Å². The van der Waals surface area contributed by atoms with Gasteiger partial charge in [0.2, 0.25) is 5.91 Å². The van der Waals surface area contributed by atoms with E-state index in [1.807, 2.05) is 37.6 Å². The second kappa shape index (κ2) is 9.55. The van der Waals surface area contributed by atoms with Gasteiger partial charge < -0.3 is 5.32 Å². The largest absolute Gasteiger partial charge is 0.324 e.